The fourth-order valence-corrected chi connectivity index (χ4v) is 3.90. The number of carbonyl (C=O) groups excluding carboxylic acids is 1. The topological polar surface area (TPSA) is 29.1 Å². The monoisotopic (exact) mass is 223 g/mol. The molecule has 1 amide bonds. The van der Waals surface area contributed by atoms with Crippen molar-refractivity contribution >= 4 is 5.91 Å². The van der Waals surface area contributed by atoms with Crippen molar-refractivity contribution in [3.63, 3.8) is 0 Å². The van der Waals surface area contributed by atoms with Gasteiger partial charge in [-0.05, 0) is 42.9 Å². The Bertz CT molecular complexity index is 274. The van der Waals surface area contributed by atoms with Crippen molar-refractivity contribution in [3.8, 4) is 0 Å². The Morgan fingerprint density at radius 3 is 2.56 bits per heavy atom. The second-order valence-electron chi connectivity index (χ2n) is 6.04. The molecular formula is C14H25NO. The molecule has 92 valence electrons. The van der Waals surface area contributed by atoms with Gasteiger partial charge in [-0.25, -0.2) is 0 Å². The van der Waals surface area contributed by atoms with Gasteiger partial charge in [0.25, 0.3) is 0 Å². The van der Waals surface area contributed by atoms with E-state index in [1.54, 1.807) is 0 Å². The highest BCUT2D eigenvalue weighted by molar-refractivity contribution is 5.82. The summed E-state index contributed by atoms with van der Waals surface area (Å²) in [5.41, 5.74) is 0. The molecule has 0 spiro atoms. The summed E-state index contributed by atoms with van der Waals surface area (Å²) in [5, 5.41) is 3.00. The average Bonchev–Trinajstić information content (AvgIpc) is 2.94. The molecule has 2 nitrogen and oxygen atoms in total. The van der Waals surface area contributed by atoms with E-state index in [1.807, 2.05) is 6.92 Å². The Labute approximate surface area is 99.2 Å². The molecule has 0 aliphatic heterocycles. The first kappa shape index (κ1) is 11.9. The lowest BCUT2D eigenvalue weighted by atomic mass is 9.77. The number of hydrogen-bond acceptors (Lipinski definition) is 1. The molecule has 2 rings (SSSR count). The first-order valence-corrected chi connectivity index (χ1v) is 6.85. The highest BCUT2D eigenvalue weighted by Gasteiger charge is 2.61. The molecule has 2 saturated carbocycles. The van der Waals surface area contributed by atoms with Crippen LogP contribution in [0.4, 0.5) is 0 Å². The highest BCUT2D eigenvalue weighted by atomic mass is 16.2. The summed E-state index contributed by atoms with van der Waals surface area (Å²) in [6.45, 7) is 9.73. The molecule has 16 heavy (non-hydrogen) atoms. The van der Waals surface area contributed by atoms with E-state index >= 15 is 0 Å². The van der Waals surface area contributed by atoms with Crippen molar-refractivity contribution in [2.45, 2.75) is 40.5 Å². The molecule has 0 aromatic rings. The smallest absolute Gasteiger partial charge is 0.223 e. The lowest BCUT2D eigenvalue weighted by Gasteiger charge is -2.28. The van der Waals surface area contributed by atoms with Crippen LogP contribution < -0.4 is 5.32 Å². The summed E-state index contributed by atoms with van der Waals surface area (Å²) < 4.78 is 0. The quantitative estimate of drug-likeness (QED) is 0.783. The van der Waals surface area contributed by atoms with Crippen molar-refractivity contribution in [2.75, 3.05) is 6.54 Å². The first-order chi connectivity index (χ1) is 7.57. The van der Waals surface area contributed by atoms with Crippen LogP contribution in [0.3, 0.4) is 0 Å². The molecule has 0 saturated heterocycles. The summed E-state index contributed by atoms with van der Waals surface area (Å²) in [7, 11) is 0. The third kappa shape index (κ3) is 1.87. The summed E-state index contributed by atoms with van der Waals surface area (Å²) in [6, 6.07) is 0. The fourth-order valence-electron chi connectivity index (χ4n) is 3.90. The maximum Gasteiger partial charge on any atom is 0.223 e. The molecule has 0 aromatic carbocycles. The second-order valence-corrected chi connectivity index (χ2v) is 6.04. The Morgan fingerprint density at radius 1 is 1.31 bits per heavy atom. The summed E-state index contributed by atoms with van der Waals surface area (Å²) >= 11 is 0. The minimum absolute atomic E-state index is 0.317. The van der Waals surface area contributed by atoms with Crippen LogP contribution in [0.1, 0.15) is 40.5 Å². The standard InChI is InChI=1S/C14H25NO/c1-5-15-14(16)13-11-9(4)6-7-10(8(2)3)12(11)13/h8-13H,5-7H2,1-4H3,(H,15,16)/t9-,10+,11-,12+,13+/m0/s1. The van der Waals surface area contributed by atoms with Gasteiger partial charge >= 0.3 is 0 Å². The van der Waals surface area contributed by atoms with E-state index in [-0.39, 0.29) is 0 Å². The van der Waals surface area contributed by atoms with E-state index in [4.69, 9.17) is 0 Å². The molecule has 5 atom stereocenters. The van der Waals surface area contributed by atoms with Crippen LogP contribution in [-0.2, 0) is 4.79 Å². The van der Waals surface area contributed by atoms with Crippen molar-refractivity contribution in [1.82, 2.24) is 5.32 Å². The molecule has 0 heterocycles. The molecule has 2 aliphatic carbocycles. The Kier molecular flexibility index (Phi) is 3.27. The van der Waals surface area contributed by atoms with Crippen molar-refractivity contribution in [1.29, 1.82) is 0 Å². The van der Waals surface area contributed by atoms with Gasteiger partial charge in [0.2, 0.25) is 5.91 Å². The van der Waals surface area contributed by atoms with Gasteiger partial charge in [0.05, 0.1) is 0 Å². The minimum Gasteiger partial charge on any atom is -0.356 e. The normalized spacial score (nSPS) is 41.7. The van der Waals surface area contributed by atoms with Gasteiger partial charge in [-0.15, -0.1) is 0 Å². The number of fused-ring (bicyclic) bond motifs is 1. The highest BCUT2D eigenvalue weighted by Crippen LogP contribution is 2.62. The van der Waals surface area contributed by atoms with Crippen LogP contribution in [0.2, 0.25) is 0 Å². The van der Waals surface area contributed by atoms with Crippen molar-refractivity contribution in [3.05, 3.63) is 0 Å². The third-order valence-electron chi connectivity index (χ3n) is 4.75. The zero-order chi connectivity index (χ0) is 11.9. The van der Waals surface area contributed by atoms with Crippen LogP contribution in [0, 0.1) is 35.5 Å². The van der Waals surface area contributed by atoms with E-state index in [2.05, 4.69) is 26.1 Å². The van der Waals surface area contributed by atoms with Crippen LogP contribution in [-0.4, -0.2) is 12.5 Å². The summed E-state index contributed by atoms with van der Waals surface area (Å²) in [6.07, 6.45) is 2.65. The Morgan fingerprint density at radius 2 is 2.00 bits per heavy atom. The van der Waals surface area contributed by atoms with Crippen LogP contribution in [0.25, 0.3) is 0 Å². The molecule has 0 bridgehead atoms. The van der Waals surface area contributed by atoms with Gasteiger partial charge in [-0.2, -0.15) is 0 Å². The Hall–Kier alpha value is -0.530. The molecule has 2 fully saturated rings. The Balaban J connectivity index is 2.05. The van der Waals surface area contributed by atoms with Crippen LogP contribution >= 0.6 is 0 Å². The maximum absolute atomic E-state index is 12.0. The molecule has 0 aromatic heterocycles. The largest absolute Gasteiger partial charge is 0.356 e. The van der Waals surface area contributed by atoms with E-state index < -0.39 is 0 Å². The molecule has 0 unspecified atom stereocenters. The zero-order valence-corrected chi connectivity index (χ0v) is 11.0. The summed E-state index contributed by atoms with van der Waals surface area (Å²) in [5.74, 6) is 4.31. The van der Waals surface area contributed by atoms with Gasteiger partial charge in [0, 0.05) is 12.5 Å². The minimum atomic E-state index is 0.317. The van der Waals surface area contributed by atoms with Crippen molar-refractivity contribution < 1.29 is 4.79 Å². The van der Waals surface area contributed by atoms with Gasteiger partial charge in [0.1, 0.15) is 0 Å². The molecular weight excluding hydrogens is 198 g/mol. The zero-order valence-electron chi connectivity index (χ0n) is 11.0. The third-order valence-corrected chi connectivity index (χ3v) is 4.75. The maximum atomic E-state index is 12.0. The van der Waals surface area contributed by atoms with E-state index in [0.29, 0.717) is 23.7 Å². The van der Waals surface area contributed by atoms with E-state index in [1.165, 1.54) is 12.8 Å². The fraction of sp³-hybridized carbons (Fsp3) is 0.929. The van der Waals surface area contributed by atoms with Crippen LogP contribution in [0.5, 0.6) is 0 Å². The molecule has 2 heteroatoms. The number of rotatable bonds is 3. The van der Waals surface area contributed by atoms with Gasteiger partial charge in [-0.1, -0.05) is 27.2 Å². The van der Waals surface area contributed by atoms with E-state index in [9.17, 15) is 4.79 Å². The SMILES string of the molecule is CCNC(=O)[C@@H]1[C@@H]2[C@H]1[C@@H](C(C)C)CC[C@@H]2C. The van der Waals surface area contributed by atoms with Gasteiger partial charge in [0.15, 0.2) is 0 Å². The predicted octanol–water partition coefficient (Wildman–Crippen LogP) is 2.69. The van der Waals surface area contributed by atoms with Gasteiger partial charge in [-0.3, -0.25) is 4.79 Å². The molecule has 1 N–H and O–H groups in total. The predicted molar refractivity (Wildman–Crippen MR) is 65.9 cm³/mol. The number of carbonyl (C=O) groups is 1. The summed E-state index contributed by atoms with van der Waals surface area (Å²) in [4.78, 5) is 12.0. The number of amides is 1. The average molecular weight is 223 g/mol. The van der Waals surface area contributed by atoms with Crippen LogP contribution in [0.15, 0.2) is 0 Å². The molecule has 0 radical (unpaired) electrons. The van der Waals surface area contributed by atoms with Gasteiger partial charge < -0.3 is 5.32 Å². The van der Waals surface area contributed by atoms with Crippen molar-refractivity contribution in [2.24, 2.45) is 35.5 Å². The van der Waals surface area contributed by atoms with E-state index in [0.717, 1.165) is 24.3 Å². The number of nitrogens with one attached hydrogen (secondary N) is 1. The number of hydrogen-bond donors (Lipinski definition) is 1. The lowest BCUT2D eigenvalue weighted by Crippen LogP contribution is -2.26. The first-order valence-electron chi connectivity index (χ1n) is 6.85. The second kappa shape index (κ2) is 4.38. The lowest BCUT2D eigenvalue weighted by molar-refractivity contribution is -0.123. The molecule has 2 aliphatic rings.